The molecule has 1 aromatic heterocycles. The second kappa shape index (κ2) is 2.67. The Hall–Kier alpha value is -1.65. The predicted molar refractivity (Wildman–Crippen MR) is 45.0 cm³/mol. The number of aromatic nitrogens is 1. The Morgan fingerprint density at radius 3 is 2.50 bits per heavy atom. The maximum absolute atomic E-state index is 12.2. The highest BCUT2D eigenvalue weighted by Crippen LogP contribution is 2.31. The molecule has 1 aromatic carbocycles. The fourth-order valence-electron chi connectivity index (χ4n) is 1.29. The van der Waals surface area contributed by atoms with Gasteiger partial charge in [-0.3, -0.25) is 0 Å². The molecule has 0 aliphatic heterocycles. The van der Waals surface area contributed by atoms with Gasteiger partial charge in [0.1, 0.15) is 0 Å². The zero-order valence-corrected chi connectivity index (χ0v) is 6.89. The van der Waals surface area contributed by atoms with Crippen molar-refractivity contribution in [3.8, 4) is 5.88 Å². The second-order valence-electron chi connectivity index (χ2n) is 2.95. The van der Waals surface area contributed by atoms with Crippen LogP contribution >= 0.6 is 0 Å². The molecule has 5 heteroatoms. The van der Waals surface area contributed by atoms with Crippen LogP contribution in [-0.2, 0) is 6.18 Å². The fourth-order valence-corrected chi connectivity index (χ4v) is 1.29. The van der Waals surface area contributed by atoms with E-state index in [2.05, 4.69) is 4.98 Å². The number of fused-ring (bicyclic) bond motifs is 1. The lowest BCUT2D eigenvalue weighted by atomic mass is 10.1. The van der Waals surface area contributed by atoms with Crippen molar-refractivity contribution in [1.82, 2.24) is 4.98 Å². The summed E-state index contributed by atoms with van der Waals surface area (Å²) in [5, 5.41) is 9.56. The monoisotopic (exact) mass is 201 g/mol. The van der Waals surface area contributed by atoms with Crippen molar-refractivity contribution in [2.45, 2.75) is 6.18 Å². The quantitative estimate of drug-likeness (QED) is 0.675. The van der Waals surface area contributed by atoms with Gasteiger partial charge in [-0.2, -0.15) is 13.2 Å². The zero-order chi connectivity index (χ0) is 10.3. The molecule has 2 nitrogen and oxygen atoms in total. The maximum Gasteiger partial charge on any atom is 0.416 e. The van der Waals surface area contributed by atoms with Crippen LogP contribution in [0.25, 0.3) is 10.9 Å². The Balaban J connectivity index is 2.62. The zero-order valence-electron chi connectivity index (χ0n) is 6.89. The molecule has 0 bridgehead atoms. The van der Waals surface area contributed by atoms with Crippen LogP contribution in [0.15, 0.2) is 24.3 Å². The van der Waals surface area contributed by atoms with Gasteiger partial charge in [-0.1, -0.05) is 6.07 Å². The first-order valence-electron chi connectivity index (χ1n) is 3.86. The summed E-state index contributed by atoms with van der Waals surface area (Å²) in [5.74, 6) is -0.140. The number of aromatic amines is 1. The summed E-state index contributed by atoms with van der Waals surface area (Å²) >= 11 is 0. The van der Waals surface area contributed by atoms with Crippen molar-refractivity contribution in [2.75, 3.05) is 0 Å². The van der Waals surface area contributed by atoms with Gasteiger partial charge in [0.25, 0.3) is 0 Å². The van der Waals surface area contributed by atoms with Crippen molar-refractivity contribution in [2.24, 2.45) is 0 Å². The first-order chi connectivity index (χ1) is 6.47. The van der Waals surface area contributed by atoms with Gasteiger partial charge in [-0.25, -0.2) is 0 Å². The molecule has 1 heterocycles. The van der Waals surface area contributed by atoms with Gasteiger partial charge in [0.15, 0.2) is 5.88 Å². The molecule has 2 aromatic rings. The van der Waals surface area contributed by atoms with Gasteiger partial charge in [-0.05, 0) is 12.1 Å². The minimum absolute atomic E-state index is 0.140. The van der Waals surface area contributed by atoms with Gasteiger partial charge >= 0.3 is 6.18 Å². The molecule has 0 saturated heterocycles. The number of aromatic hydroxyl groups is 1. The first-order valence-corrected chi connectivity index (χ1v) is 3.86. The Morgan fingerprint density at radius 2 is 1.86 bits per heavy atom. The van der Waals surface area contributed by atoms with Crippen molar-refractivity contribution in [1.29, 1.82) is 0 Å². The number of hydrogen-bond donors (Lipinski definition) is 2. The van der Waals surface area contributed by atoms with Crippen LogP contribution in [0.1, 0.15) is 5.56 Å². The lowest BCUT2D eigenvalue weighted by Gasteiger charge is -2.05. The van der Waals surface area contributed by atoms with Crippen molar-refractivity contribution in [3.05, 3.63) is 29.8 Å². The van der Waals surface area contributed by atoms with E-state index in [1.54, 1.807) is 0 Å². The van der Waals surface area contributed by atoms with E-state index in [4.69, 9.17) is 5.11 Å². The molecule has 0 aliphatic carbocycles. The Labute approximate surface area is 77.0 Å². The van der Waals surface area contributed by atoms with Gasteiger partial charge in [0.2, 0.25) is 0 Å². The van der Waals surface area contributed by atoms with E-state index < -0.39 is 11.7 Å². The molecule has 0 saturated carbocycles. The highest BCUT2D eigenvalue weighted by Gasteiger charge is 2.30. The Bertz CT molecular complexity index is 472. The molecule has 0 spiro atoms. The lowest BCUT2D eigenvalue weighted by Crippen LogP contribution is -2.03. The second-order valence-corrected chi connectivity index (χ2v) is 2.95. The van der Waals surface area contributed by atoms with Crippen LogP contribution in [-0.4, -0.2) is 10.1 Å². The molecule has 2 rings (SSSR count). The van der Waals surface area contributed by atoms with Gasteiger partial charge < -0.3 is 10.1 Å². The van der Waals surface area contributed by atoms with Gasteiger partial charge in [-0.15, -0.1) is 0 Å². The fraction of sp³-hybridized carbons (Fsp3) is 0.111. The summed E-state index contributed by atoms with van der Waals surface area (Å²) in [6.07, 6.45) is -4.35. The average Bonchev–Trinajstić information content (AvgIpc) is 2.41. The number of halogens is 3. The van der Waals surface area contributed by atoms with E-state index in [0.29, 0.717) is 5.39 Å². The number of hydrogen-bond acceptors (Lipinski definition) is 1. The topological polar surface area (TPSA) is 36.0 Å². The van der Waals surface area contributed by atoms with Crippen molar-refractivity contribution >= 4 is 10.9 Å². The van der Waals surface area contributed by atoms with Crippen LogP contribution in [0.3, 0.4) is 0 Å². The van der Waals surface area contributed by atoms with E-state index in [1.165, 1.54) is 12.1 Å². The molecular formula is C9H6F3NO. The van der Waals surface area contributed by atoms with Crippen LogP contribution in [0, 0.1) is 0 Å². The minimum atomic E-state index is -4.35. The molecule has 0 amide bonds. The number of rotatable bonds is 0. The highest BCUT2D eigenvalue weighted by molar-refractivity contribution is 5.82. The Morgan fingerprint density at radius 1 is 1.14 bits per heavy atom. The highest BCUT2D eigenvalue weighted by atomic mass is 19.4. The number of benzene rings is 1. The van der Waals surface area contributed by atoms with E-state index >= 15 is 0 Å². The molecule has 0 aliphatic rings. The Kier molecular flexibility index (Phi) is 1.70. The maximum atomic E-state index is 12.2. The average molecular weight is 201 g/mol. The summed E-state index contributed by atoms with van der Waals surface area (Å²) < 4.78 is 36.7. The summed E-state index contributed by atoms with van der Waals surface area (Å²) in [6, 6.07) is 4.63. The van der Waals surface area contributed by atoms with Crippen LogP contribution in [0.2, 0.25) is 0 Å². The first kappa shape index (κ1) is 8.93. The van der Waals surface area contributed by atoms with E-state index in [0.717, 1.165) is 12.1 Å². The third-order valence-corrected chi connectivity index (χ3v) is 1.94. The molecule has 0 unspecified atom stereocenters. The number of H-pyrrole nitrogens is 1. The molecular weight excluding hydrogens is 195 g/mol. The molecule has 2 N–H and O–H groups in total. The molecule has 74 valence electrons. The predicted octanol–water partition coefficient (Wildman–Crippen LogP) is 2.89. The van der Waals surface area contributed by atoms with Gasteiger partial charge in [0, 0.05) is 17.0 Å². The summed E-state index contributed by atoms with van der Waals surface area (Å²) in [4.78, 5) is 2.43. The third kappa shape index (κ3) is 1.41. The molecule has 0 atom stereocenters. The molecule has 14 heavy (non-hydrogen) atoms. The van der Waals surface area contributed by atoms with Crippen LogP contribution < -0.4 is 0 Å². The number of alkyl halides is 3. The largest absolute Gasteiger partial charge is 0.495 e. The summed E-state index contributed by atoms with van der Waals surface area (Å²) in [5.41, 5.74) is -0.454. The van der Waals surface area contributed by atoms with E-state index in [1.807, 2.05) is 0 Å². The van der Waals surface area contributed by atoms with Crippen LogP contribution in [0.4, 0.5) is 13.2 Å². The smallest absolute Gasteiger partial charge is 0.416 e. The molecule has 0 fully saturated rings. The van der Waals surface area contributed by atoms with Crippen molar-refractivity contribution in [3.63, 3.8) is 0 Å². The van der Waals surface area contributed by atoms with Crippen molar-refractivity contribution < 1.29 is 18.3 Å². The standard InChI is InChI=1S/C9H6F3NO/c10-9(11,12)6-2-1-5-3-8(14)13-7(5)4-6/h1-4,13-14H. The van der Waals surface area contributed by atoms with Gasteiger partial charge in [0.05, 0.1) is 5.56 Å². The minimum Gasteiger partial charge on any atom is -0.495 e. The number of nitrogens with one attached hydrogen (secondary N) is 1. The van der Waals surface area contributed by atoms with Crippen LogP contribution in [0.5, 0.6) is 5.88 Å². The third-order valence-electron chi connectivity index (χ3n) is 1.94. The summed E-state index contributed by atoms with van der Waals surface area (Å²) in [7, 11) is 0. The van der Waals surface area contributed by atoms with E-state index in [-0.39, 0.29) is 11.4 Å². The molecule has 0 radical (unpaired) electrons. The normalized spacial score (nSPS) is 12.2. The lowest BCUT2D eigenvalue weighted by molar-refractivity contribution is -0.137. The SMILES string of the molecule is Oc1cc2ccc(C(F)(F)F)cc2[nH]1. The summed E-state index contributed by atoms with van der Waals surface area (Å²) in [6.45, 7) is 0. The van der Waals surface area contributed by atoms with E-state index in [9.17, 15) is 13.2 Å².